The van der Waals surface area contributed by atoms with Gasteiger partial charge in [0.2, 0.25) is 8.32 Å². The molecule has 0 fully saturated rings. The molecule has 0 aromatic carbocycles. The van der Waals surface area contributed by atoms with E-state index >= 15 is 0 Å². The monoisotopic (exact) mass is 214 g/mol. The Morgan fingerprint density at radius 2 is 1.79 bits per heavy atom. The topological polar surface area (TPSA) is 9.23 Å². The largest absolute Gasteiger partial charge is 0.549 e. The highest BCUT2D eigenvalue weighted by molar-refractivity contribution is 6.74. The van der Waals surface area contributed by atoms with Crippen molar-refractivity contribution in [2.24, 2.45) is 0 Å². The summed E-state index contributed by atoms with van der Waals surface area (Å²) in [6.45, 7) is 13.5. The van der Waals surface area contributed by atoms with E-state index in [0.29, 0.717) is 5.04 Å². The Morgan fingerprint density at radius 1 is 1.21 bits per heavy atom. The minimum atomic E-state index is -1.55. The molecule has 0 radical (unpaired) electrons. The molecule has 0 N–H and O–H groups in total. The van der Waals surface area contributed by atoms with Gasteiger partial charge >= 0.3 is 0 Å². The molecule has 0 aliphatic rings. The summed E-state index contributed by atoms with van der Waals surface area (Å²) in [6.07, 6.45) is 7.74. The van der Waals surface area contributed by atoms with E-state index in [2.05, 4.69) is 46.9 Å². The van der Waals surface area contributed by atoms with Gasteiger partial charge in [0.05, 0.1) is 6.26 Å². The highest BCUT2D eigenvalue weighted by atomic mass is 28.4. The summed E-state index contributed by atoms with van der Waals surface area (Å²) in [4.78, 5) is 0. The summed E-state index contributed by atoms with van der Waals surface area (Å²) in [5.41, 5.74) is 0. The Balaban J connectivity index is 3.93. The molecule has 14 heavy (non-hydrogen) atoms. The fourth-order valence-corrected chi connectivity index (χ4v) is 1.57. The number of rotatable bonds is 5. The van der Waals surface area contributed by atoms with Crippen LogP contribution in [-0.2, 0) is 4.43 Å². The molecule has 0 saturated heterocycles. The van der Waals surface area contributed by atoms with Crippen LogP contribution in [-0.4, -0.2) is 8.32 Å². The maximum Gasteiger partial charge on any atom is 0.249 e. The second-order valence-corrected chi connectivity index (χ2v) is 10.1. The van der Waals surface area contributed by atoms with Crippen LogP contribution < -0.4 is 0 Å². The fourth-order valence-electron chi connectivity index (χ4n) is 0.785. The van der Waals surface area contributed by atoms with Crippen LogP contribution in [0.1, 0.15) is 47.0 Å². The van der Waals surface area contributed by atoms with Gasteiger partial charge in [0.25, 0.3) is 0 Å². The van der Waals surface area contributed by atoms with Gasteiger partial charge in [-0.15, -0.1) is 0 Å². The lowest BCUT2D eigenvalue weighted by atomic mass is 10.2. The molecule has 0 aromatic rings. The molecule has 0 aromatic heterocycles. The first kappa shape index (κ1) is 13.8. The molecular weight excluding hydrogens is 188 g/mol. The lowest BCUT2D eigenvalue weighted by Gasteiger charge is -2.34. The smallest absolute Gasteiger partial charge is 0.249 e. The molecule has 84 valence electrons. The van der Waals surface area contributed by atoms with E-state index in [4.69, 9.17) is 4.43 Å². The van der Waals surface area contributed by atoms with Crippen LogP contribution in [0.4, 0.5) is 0 Å². The second kappa shape index (κ2) is 5.59. The van der Waals surface area contributed by atoms with Crippen molar-refractivity contribution in [1.82, 2.24) is 0 Å². The summed E-state index contributed by atoms with van der Waals surface area (Å²) in [6, 6.07) is 0. The van der Waals surface area contributed by atoms with Gasteiger partial charge < -0.3 is 4.43 Å². The molecule has 0 saturated carbocycles. The van der Waals surface area contributed by atoms with Gasteiger partial charge in [-0.25, -0.2) is 0 Å². The summed E-state index contributed by atoms with van der Waals surface area (Å²) in [5, 5.41) is 0.308. The van der Waals surface area contributed by atoms with Gasteiger partial charge in [-0.2, -0.15) is 0 Å². The van der Waals surface area contributed by atoms with Crippen LogP contribution in [0.3, 0.4) is 0 Å². The van der Waals surface area contributed by atoms with Gasteiger partial charge in [0.15, 0.2) is 0 Å². The Hall–Kier alpha value is -0.243. The van der Waals surface area contributed by atoms with Crippen molar-refractivity contribution >= 4 is 8.32 Å². The minimum Gasteiger partial charge on any atom is -0.549 e. The maximum absolute atomic E-state index is 5.90. The predicted octanol–water partition coefficient (Wildman–Crippen LogP) is 4.71. The number of hydrogen-bond donors (Lipinski definition) is 0. The predicted molar refractivity (Wildman–Crippen MR) is 66.9 cm³/mol. The van der Waals surface area contributed by atoms with Gasteiger partial charge in [-0.3, -0.25) is 0 Å². The van der Waals surface area contributed by atoms with E-state index in [9.17, 15) is 0 Å². The molecule has 2 heteroatoms. The SMILES string of the molecule is CCCC/C=C/O[Si](C)(C)C(C)(C)C. The van der Waals surface area contributed by atoms with Crippen molar-refractivity contribution < 1.29 is 4.43 Å². The zero-order valence-electron chi connectivity index (χ0n) is 10.7. The summed E-state index contributed by atoms with van der Waals surface area (Å²) < 4.78 is 5.90. The van der Waals surface area contributed by atoms with Crippen LogP contribution >= 0.6 is 0 Å². The van der Waals surface area contributed by atoms with Crippen molar-refractivity contribution in [2.75, 3.05) is 0 Å². The normalized spacial score (nSPS) is 13.6. The number of allylic oxidation sites excluding steroid dienone is 1. The third kappa shape index (κ3) is 4.84. The van der Waals surface area contributed by atoms with Crippen molar-refractivity contribution in [3.63, 3.8) is 0 Å². The van der Waals surface area contributed by atoms with E-state index in [-0.39, 0.29) is 0 Å². The summed E-state index contributed by atoms with van der Waals surface area (Å²) in [7, 11) is -1.55. The quantitative estimate of drug-likeness (QED) is 0.366. The van der Waals surface area contributed by atoms with Gasteiger partial charge in [0.1, 0.15) is 0 Å². The summed E-state index contributed by atoms with van der Waals surface area (Å²) >= 11 is 0. The molecule has 0 unspecified atom stereocenters. The first-order valence-electron chi connectivity index (χ1n) is 5.64. The summed E-state index contributed by atoms with van der Waals surface area (Å²) in [5.74, 6) is 0. The molecule has 0 amide bonds. The molecule has 0 heterocycles. The fraction of sp³-hybridized carbons (Fsp3) is 0.833. The van der Waals surface area contributed by atoms with Crippen molar-refractivity contribution in [2.45, 2.75) is 65.1 Å². The maximum atomic E-state index is 5.90. The molecular formula is C12H26OSi. The van der Waals surface area contributed by atoms with Crippen molar-refractivity contribution in [1.29, 1.82) is 0 Å². The number of unbranched alkanes of at least 4 members (excludes halogenated alkanes) is 2. The zero-order chi connectivity index (χ0) is 11.2. The third-order valence-electron chi connectivity index (χ3n) is 2.99. The standard InChI is InChI=1S/C12H26OSi/c1-7-8-9-10-11-13-14(5,6)12(2,3)4/h10-11H,7-9H2,1-6H3/b11-10+. The third-order valence-corrected chi connectivity index (χ3v) is 7.33. The first-order chi connectivity index (χ1) is 6.31. The zero-order valence-corrected chi connectivity index (χ0v) is 11.7. The van der Waals surface area contributed by atoms with Crippen molar-refractivity contribution in [3.8, 4) is 0 Å². The van der Waals surface area contributed by atoms with Gasteiger partial charge in [-0.1, -0.05) is 40.2 Å². The molecule has 1 nitrogen and oxygen atoms in total. The highest BCUT2D eigenvalue weighted by Gasteiger charge is 2.37. The van der Waals surface area contributed by atoms with E-state index < -0.39 is 8.32 Å². The molecule has 0 aliphatic carbocycles. The molecule has 0 spiro atoms. The van der Waals surface area contributed by atoms with Crippen LogP contribution in [0.25, 0.3) is 0 Å². The van der Waals surface area contributed by atoms with E-state index in [1.54, 1.807) is 0 Å². The Kier molecular flexibility index (Phi) is 5.50. The number of hydrogen-bond acceptors (Lipinski definition) is 1. The Bertz CT molecular complexity index is 177. The average molecular weight is 214 g/mol. The first-order valence-corrected chi connectivity index (χ1v) is 8.55. The van der Waals surface area contributed by atoms with Gasteiger partial charge in [0, 0.05) is 0 Å². The van der Waals surface area contributed by atoms with Crippen molar-refractivity contribution in [3.05, 3.63) is 12.3 Å². The average Bonchev–Trinajstić information content (AvgIpc) is 2.02. The molecule has 0 rings (SSSR count). The molecule has 0 aliphatic heterocycles. The van der Waals surface area contributed by atoms with Crippen LogP contribution in [0.15, 0.2) is 12.3 Å². The Labute approximate surface area is 90.7 Å². The Morgan fingerprint density at radius 3 is 2.21 bits per heavy atom. The van der Waals surface area contributed by atoms with Crippen LogP contribution in [0, 0.1) is 0 Å². The minimum absolute atomic E-state index is 0.308. The lowest BCUT2D eigenvalue weighted by molar-refractivity contribution is 0.428. The highest BCUT2D eigenvalue weighted by Crippen LogP contribution is 2.36. The second-order valence-electron chi connectivity index (χ2n) is 5.39. The van der Waals surface area contributed by atoms with Crippen LogP contribution in [0.5, 0.6) is 0 Å². The van der Waals surface area contributed by atoms with E-state index in [0.717, 1.165) is 6.42 Å². The molecule has 0 atom stereocenters. The van der Waals surface area contributed by atoms with Crippen LogP contribution in [0.2, 0.25) is 18.1 Å². The van der Waals surface area contributed by atoms with Gasteiger partial charge in [-0.05, 0) is 31.0 Å². The lowest BCUT2D eigenvalue weighted by Crippen LogP contribution is -2.39. The van der Waals surface area contributed by atoms with E-state index in [1.165, 1.54) is 12.8 Å². The molecule has 0 bridgehead atoms. The van der Waals surface area contributed by atoms with E-state index in [1.807, 2.05) is 6.26 Å².